The van der Waals surface area contributed by atoms with Crippen LogP contribution in [-0.4, -0.2) is 9.97 Å². The predicted octanol–water partition coefficient (Wildman–Crippen LogP) is 4.75. The summed E-state index contributed by atoms with van der Waals surface area (Å²) >= 11 is 6.29. The van der Waals surface area contributed by atoms with Gasteiger partial charge in [-0.2, -0.15) is 0 Å². The van der Waals surface area contributed by atoms with Gasteiger partial charge in [-0.1, -0.05) is 30.7 Å². The second kappa shape index (κ2) is 4.71. The molecule has 0 saturated carbocycles. The number of halogens is 1. The Balaban J connectivity index is 2.14. The lowest BCUT2D eigenvalue weighted by Gasteiger charge is -2.01. The fourth-order valence-electron chi connectivity index (χ4n) is 2.22. The van der Waals surface area contributed by atoms with Gasteiger partial charge >= 0.3 is 0 Å². The Bertz CT molecular complexity index is 744. The number of aryl methyl sites for hydroxylation is 2. The van der Waals surface area contributed by atoms with Gasteiger partial charge in [0.15, 0.2) is 0 Å². The van der Waals surface area contributed by atoms with E-state index in [9.17, 15) is 0 Å². The van der Waals surface area contributed by atoms with Crippen LogP contribution in [0.1, 0.15) is 18.1 Å². The molecule has 0 spiro atoms. The highest BCUT2D eigenvalue weighted by atomic mass is 35.5. The molecule has 2 nitrogen and oxygen atoms in total. The molecule has 0 aliphatic heterocycles. The third-order valence-corrected chi connectivity index (χ3v) is 3.65. The number of H-pyrrole nitrogens is 1. The van der Waals surface area contributed by atoms with E-state index in [4.69, 9.17) is 11.6 Å². The lowest BCUT2D eigenvalue weighted by atomic mass is 10.1. The number of imidazole rings is 1. The van der Waals surface area contributed by atoms with Gasteiger partial charge in [-0.05, 0) is 48.7 Å². The third kappa shape index (κ3) is 2.24. The average molecular weight is 271 g/mol. The van der Waals surface area contributed by atoms with Crippen LogP contribution in [-0.2, 0) is 6.42 Å². The summed E-state index contributed by atoms with van der Waals surface area (Å²) in [6.45, 7) is 4.18. The fraction of sp³-hybridized carbons (Fsp3) is 0.188. The van der Waals surface area contributed by atoms with Crippen LogP contribution in [0.4, 0.5) is 0 Å². The summed E-state index contributed by atoms with van der Waals surface area (Å²) in [5.74, 6) is 0.827. The zero-order chi connectivity index (χ0) is 13.4. The predicted molar refractivity (Wildman–Crippen MR) is 80.7 cm³/mol. The SMILES string of the molecule is CCc1ccc2nc(-c3ccc(C)cc3Cl)[nH]c2c1. The van der Waals surface area contributed by atoms with E-state index in [1.54, 1.807) is 0 Å². The molecule has 96 valence electrons. The highest BCUT2D eigenvalue weighted by Crippen LogP contribution is 2.28. The van der Waals surface area contributed by atoms with E-state index < -0.39 is 0 Å². The maximum atomic E-state index is 6.29. The lowest BCUT2D eigenvalue weighted by Crippen LogP contribution is -1.83. The minimum Gasteiger partial charge on any atom is -0.338 e. The first kappa shape index (κ1) is 12.2. The van der Waals surface area contributed by atoms with Gasteiger partial charge in [-0.3, -0.25) is 0 Å². The quantitative estimate of drug-likeness (QED) is 0.715. The Morgan fingerprint density at radius 1 is 1.16 bits per heavy atom. The Morgan fingerprint density at radius 3 is 2.74 bits per heavy atom. The maximum Gasteiger partial charge on any atom is 0.139 e. The van der Waals surface area contributed by atoms with Crippen molar-refractivity contribution in [2.75, 3.05) is 0 Å². The number of nitrogens with zero attached hydrogens (tertiary/aromatic N) is 1. The van der Waals surface area contributed by atoms with Crippen molar-refractivity contribution in [3.63, 3.8) is 0 Å². The zero-order valence-corrected chi connectivity index (χ0v) is 11.8. The molecule has 19 heavy (non-hydrogen) atoms. The highest BCUT2D eigenvalue weighted by molar-refractivity contribution is 6.33. The molecule has 0 amide bonds. The number of fused-ring (bicyclic) bond motifs is 1. The van der Waals surface area contributed by atoms with Gasteiger partial charge in [0.2, 0.25) is 0 Å². The van der Waals surface area contributed by atoms with Crippen LogP contribution in [0.3, 0.4) is 0 Å². The van der Waals surface area contributed by atoms with Gasteiger partial charge in [-0.15, -0.1) is 0 Å². The largest absolute Gasteiger partial charge is 0.338 e. The van der Waals surface area contributed by atoms with Crippen molar-refractivity contribution in [1.82, 2.24) is 9.97 Å². The van der Waals surface area contributed by atoms with Crippen LogP contribution in [0.15, 0.2) is 36.4 Å². The summed E-state index contributed by atoms with van der Waals surface area (Å²) in [5.41, 5.74) is 5.44. The highest BCUT2D eigenvalue weighted by Gasteiger charge is 2.09. The van der Waals surface area contributed by atoms with Crippen LogP contribution in [0, 0.1) is 6.92 Å². The molecule has 1 heterocycles. The molecule has 1 aromatic heterocycles. The van der Waals surface area contributed by atoms with Crippen molar-refractivity contribution in [3.8, 4) is 11.4 Å². The Labute approximate surface area is 117 Å². The smallest absolute Gasteiger partial charge is 0.139 e. The number of hydrogen-bond donors (Lipinski definition) is 1. The normalized spacial score (nSPS) is 11.1. The number of hydrogen-bond acceptors (Lipinski definition) is 1. The summed E-state index contributed by atoms with van der Waals surface area (Å²) in [6, 6.07) is 12.3. The minimum atomic E-state index is 0.731. The van der Waals surface area contributed by atoms with Gasteiger partial charge in [-0.25, -0.2) is 4.98 Å². The monoisotopic (exact) mass is 270 g/mol. The van der Waals surface area contributed by atoms with Crippen molar-refractivity contribution in [3.05, 3.63) is 52.5 Å². The van der Waals surface area contributed by atoms with Gasteiger partial charge in [0.1, 0.15) is 5.82 Å². The molecule has 0 bridgehead atoms. The van der Waals surface area contributed by atoms with Crippen LogP contribution >= 0.6 is 11.6 Å². The van der Waals surface area contributed by atoms with E-state index in [0.717, 1.165) is 39.4 Å². The third-order valence-electron chi connectivity index (χ3n) is 3.33. The van der Waals surface area contributed by atoms with E-state index in [-0.39, 0.29) is 0 Å². The summed E-state index contributed by atoms with van der Waals surface area (Å²) in [7, 11) is 0. The van der Waals surface area contributed by atoms with Crippen molar-refractivity contribution in [2.24, 2.45) is 0 Å². The topological polar surface area (TPSA) is 28.7 Å². The minimum absolute atomic E-state index is 0.731. The second-order valence-corrected chi connectivity index (χ2v) is 5.18. The zero-order valence-electron chi connectivity index (χ0n) is 11.0. The van der Waals surface area contributed by atoms with Crippen LogP contribution < -0.4 is 0 Å². The van der Waals surface area contributed by atoms with E-state index in [2.05, 4.69) is 35.1 Å². The maximum absolute atomic E-state index is 6.29. The van der Waals surface area contributed by atoms with Crippen LogP contribution in [0.2, 0.25) is 5.02 Å². The molecule has 1 N–H and O–H groups in total. The Kier molecular flexibility index (Phi) is 3.03. The molecule has 0 unspecified atom stereocenters. The molecular formula is C16H15ClN2. The fourth-order valence-corrected chi connectivity index (χ4v) is 2.54. The van der Waals surface area contributed by atoms with E-state index in [1.807, 2.05) is 25.1 Å². The summed E-state index contributed by atoms with van der Waals surface area (Å²) < 4.78 is 0. The molecule has 2 aromatic carbocycles. The molecule has 3 heteroatoms. The molecule has 3 aromatic rings. The standard InChI is InChI=1S/C16H15ClN2/c1-3-11-5-7-14-15(9-11)19-16(18-14)12-6-4-10(2)8-13(12)17/h4-9H,3H2,1-2H3,(H,18,19). The van der Waals surface area contributed by atoms with Crippen molar-refractivity contribution in [2.45, 2.75) is 20.3 Å². The molecule has 0 radical (unpaired) electrons. The van der Waals surface area contributed by atoms with E-state index in [0.29, 0.717) is 0 Å². The number of nitrogens with one attached hydrogen (secondary N) is 1. The van der Waals surface area contributed by atoms with Crippen LogP contribution in [0.5, 0.6) is 0 Å². The van der Waals surface area contributed by atoms with Gasteiger partial charge < -0.3 is 4.98 Å². The molecule has 0 aliphatic rings. The molecular weight excluding hydrogens is 256 g/mol. The molecule has 0 saturated heterocycles. The Morgan fingerprint density at radius 2 is 2.00 bits per heavy atom. The van der Waals surface area contributed by atoms with Gasteiger partial charge in [0, 0.05) is 5.56 Å². The number of benzene rings is 2. The molecule has 0 fully saturated rings. The van der Waals surface area contributed by atoms with Crippen molar-refractivity contribution >= 4 is 22.6 Å². The summed E-state index contributed by atoms with van der Waals surface area (Å²) in [4.78, 5) is 7.96. The number of aromatic amines is 1. The van der Waals surface area contributed by atoms with E-state index in [1.165, 1.54) is 5.56 Å². The Hall–Kier alpha value is -1.80. The lowest BCUT2D eigenvalue weighted by molar-refractivity contribution is 1.14. The van der Waals surface area contributed by atoms with E-state index >= 15 is 0 Å². The summed E-state index contributed by atoms with van der Waals surface area (Å²) in [5, 5.41) is 0.731. The first-order valence-corrected chi connectivity index (χ1v) is 6.80. The second-order valence-electron chi connectivity index (χ2n) is 4.77. The number of rotatable bonds is 2. The van der Waals surface area contributed by atoms with Crippen molar-refractivity contribution < 1.29 is 0 Å². The summed E-state index contributed by atoms with van der Waals surface area (Å²) in [6.07, 6.45) is 1.02. The van der Waals surface area contributed by atoms with Crippen molar-refractivity contribution in [1.29, 1.82) is 0 Å². The first-order valence-electron chi connectivity index (χ1n) is 6.42. The molecule has 0 aliphatic carbocycles. The molecule has 0 atom stereocenters. The number of aromatic nitrogens is 2. The van der Waals surface area contributed by atoms with Crippen LogP contribution in [0.25, 0.3) is 22.4 Å². The average Bonchev–Trinajstić information content (AvgIpc) is 2.80. The van der Waals surface area contributed by atoms with Gasteiger partial charge in [0.25, 0.3) is 0 Å². The van der Waals surface area contributed by atoms with Gasteiger partial charge in [0.05, 0.1) is 16.1 Å². The molecule has 3 rings (SSSR count). The first-order chi connectivity index (χ1) is 9.17.